The highest BCUT2D eigenvalue weighted by Gasteiger charge is 2.42. The van der Waals surface area contributed by atoms with Crippen LogP contribution in [0.15, 0.2) is 199 Å². The molecule has 0 bridgehead atoms. The summed E-state index contributed by atoms with van der Waals surface area (Å²) in [6.07, 6.45) is 0. The maximum absolute atomic E-state index is 12.2. The van der Waals surface area contributed by atoms with Crippen molar-refractivity contribution in [3.8, 4) is 0 Å². The van der Waals surface area contributed by atoms with E-state index < -0.39 is 101 Å². The van der Waals surface area contributed by atoms with Gasteiger partial charge >= 0.3 is 0 Å². The van der Waals surface area contributed by atoms with Gasteiger partial charge in [-0.2, -0.15) is 50.5 Å². The second-order valence-corrected chi connectivity index (χ2v) is 23.6. The fourth-order valence-corrected chi connectivity index (χ4v) is 11.1. The van der Waals surface area contributed by atoms with Gasteiger partial charge in [0, 0.05) is 0 Å². The van der Waals surface area contributed by atoms with Crippen LogP contribution in [0.3, 0.4) is 0 Å². The zero-order valence-corrected chi connectivity index (χ0v) is 39.1. The van der Waals surface area contributed by atoms with Crippen LogP contribution in [0, 0.1) is 0 Å². The molecule has 6 N–H and O–H groups in total. The Balaban J connectivity index is 1.61. The molecule has 7 aromatic rings. The average Bonchev–Trinajstić information content (AvgIpc) is 3.27. The standard InChI is InChI=1S/C44H34O18S6/c45-63(46,47)37-17-5-31(6-18-37)43(32-7-19-38(20-8-32)64(48,49)50,33-9-21-39(22-10-33)65(51,52)53)29-1-2-30(4-3-29)44(34-11-23-40(24-12-34)66(54,55)56,35-13-25-41(26-14-35)67(57,58)59)36-15-27-42(28-16-36)68(60,61)62/h1-28H,(H,45,46,47)(H,48,49,50)(H,51,52,53)(H,54,55,56)(H,57,58,59)(H,60,61,62). The van der Waals surface area contributed by atoms with Crippen molar-refractivity contribution < 1.29 is 77.8 Å². The molecule has 0 saturated carbocycles. The Hall–Kier alpha value is -6.00. The van der Waals surface area contributed by atoms with Gasteiger partial charge in [0.05, 0.1) is 40.2 Å². The van der Waals surface area contributed by atoms with E-state index in [1.807, 2.05) is 0 Å². The third kappa shape index (κ3) is 9.54. The van der Waals surface area contributed by atoms with E-state index in [4.69, 9.17) is 0 Å². The average molecular weight is 1040 g/mol. The molecule has 0 aliphatic rings. The van der Waals surface area contributed by atoms with Gasteiger partial charge < -0.3 is 0 Å². The number of hydrogen-bond acceptors (Lipinski definition) is 12. The number of benzene rings is 7. The first-order valence-electron chi connectivity index (χ1n) is 19.1. The molecule has 0 amide bonds. The van der Waals surface area contributed by atoms with Gasteiger partial charge in [0.2, 0.25) is 0 Å². The molecule has 0 fully saturated rings. The van der Waals surface area contributed by atoms with Crippen LogP contribution in [0.2, 0.25) is 0 Å². The van der Waals surface area contributed by atoms with E-state index in [1.165, 1.54) is 72.8 Å². The number of rotatable bonds is 14. The molecule has 7 aromatic carbocycles. The molecule has 7 rings (SSSR count). The summed E-state index contributed by atoms with van der Waals surface area (Å²) in [7, 11) is -28.6. The zero-order chi connectivity index (χ0) is 49.9. The summed E-state index contributed by atoms with van der Waals surface area (Å²) < 4.78 is 206. The van der Waals surface area contributed by atoms with E-state index >= 15 is 0 Å². The molecule has 0 aromatic heterocycles. The van der Waals surface area contributed by atoms with Gasteiger partial charge in [-0.25, -0.2) is 0 Å². The molecule has 24 heteroatoms. The molecule has 0 aliphatic carbocycles. The normalized spacial score (nSPS) is 13.3. The van der Waals surface area contributed by atoms with Gasteiger partial charge in [0.15, 0.2) is 0 Å². The van der Waals surface area contributed by atoms with Crippen LogP contribution in [0.5, 0.6) is 0 Å². The Morgan fingerprint density at radius 3 is 0.368 bits per heavy atom. The smallest absolute Gasteiger partial charge is 0.282 e. The maximum Gasteiger partial charge on any atom is 0.294 e. The van der Waals surface area contributed by atoms with Crippen LogP contribution in [0.25, 0.3) is 0 Å². The highest BCUT2D eigenvalue weighted by atomic mass is 32.2. The molecule has 0 saturated heterocycles. The Morgan fingerprint density at radius 2 is 0.279 bits per heavy atom. The molecular formula is C44H34O18S6. The van der Waals surface area contributed by atoms with Gasteiger partial charge in [-0.05, 0) is 117 Å². The van der Waals surface area contributed by atoms with E-state index in [1.54, 1.807) is 24.3 Å². The quantitative estimate of drug-likeness (QED) is 0.0543. The molecule has 18 nitrogen and oxygen atoms in total. The van der Waals surface area contributed by atoms with Crippen molar-refractivity contribution in [3.05, 3.63) is 214 Å². The largest absolute Gasteiger partial charge is 0.294 e. The Labute approximate surface area is 390 Å². The van der Waals surface area contributed by atoms with Crippen LogP contribution in [-0.2, 0) is 71.5 Å². The summed E-state index contributed by atoms with van der Waals surface area (Å²) in [5, 5.41) is 0. The Morgan fingerprint density at radius 1 is 0.191 bits per heavy atom. The van der Waals surface area contributed by atoms with Gasteiger partial charge in [-0.3, -0.25) is 27.3 Å². The molecule has 0 heterocycles. The minimum Gasteiger partial charge on any atom is -0.282 e. The lowest BCUT2D eigenvalue weighted by molar-refractivity contribution is 0.480. The summed E-state index contributed by atoms with van der Waals surface area (Å²) in [5.74, 6) is 0. The van der Waals surface area contributed by atoms with Gasteiger partial charge in [-0.1, -0.05) is 97.1 Å². The van der Waals surface area contributed by atoms with Gasteiger partial charge in [0.1, 0.15) is 0 Å². The summed E-state index contributed by atoms with van der Waals surface area (Å²) in [6.45, 7) is 0. The summed E-state index contributed by atoms with van der Waals surface area (Å²) in [6, 6.07) is 34.8. The van der Waals surface area contributed by atoms with Crippen LogP contribution < -0.4 is 0 Å². The lowest BCUT2D eigenvalue weighted by Crippen LogP contribution is -2.33. The molecular weight excluding hydrogens is 1010 g/mol. The van der Waals surface area contributed by atoms with Crippen molar-refractivity contribution in [2.45, 2.75) is 40.2 Å². The molecule has 0 spiro atoms. The predicted octanol–water partition coefficient (Wildman–Crippen LogP) is 5.93. The van der Waals surface area contributed by atoms with Crippen LogP contribution in [0.4, 0.5) is 0 Å². The first-order chi connectivity index (χ1) is 31.5. The minimum absolute atomic E-state index is 0.213. The minimum atomic E-state index is -4.77. The highest BCUT2D eigenvalue weighted by Crippen LogP contribution is 2.49. The Bertz CT molecular complexity index is 3130. The lowest BCUT2D eigenvalue weighted by Gasteiger charge is -2.39. The fourth-order valence-electron chi connectivity index (χ4n) is 8.23. The molecule has 354 valence electrons. The van der Waals surface area contributed by atoms with Gasteiger partial charge in [-0.15, -0.1) is 0 Å². The molecule has 0 atom stereocenters. The van der Waals surface area contributed by atoms with Crippen LogP contribution in [-0.4, -0.2) is 77.8 Å². The molecule has 0 radical (unpaired) electrons. The summed E-state index contributed by atoms with van der Waals surface area (Å²) in [5.41, 5.74) is -1.67. The first kappa shape index (κ1) is 49.9. The lowest BCUT2D eigenvalue weighted by atomic mass is 9.63. The molecule has 0 aliphatic heterocycles. The van der Waals surface area contributed by atoms with Crippen molar-refractivity contribution in [1.29, 1.82) is 0 Å². The summed E-state index contributed by atoms with van der Waals surface area (Å²) >= 11 is 0. The van der Waals surface area contributed by atoms with E-state index in [-0.39, 0.29) is 44.5 Å². The predicted molar refractivity (Wildman–Crippen MR) is 242 cm³/mol. The maximum atomic E-state index is 12.2. The monoisotopic (exact) mass is 1040 g/mol. The van der Waals surface area contributed by atoms with E-state index in [0.29, 0.717) is 0 Å². The molecule has 68 heavy (non-hydrogen) atoms. The fraction of sp³-hybridized carbons (Fsp3) is 0.0455. The first-order valence-corrected chi connectivity index (χ1v) is 27.7. The van der Waals surface area contributed by atoms with Crippen LogP contribution in [0.1, 0.15) is 44.5 Å². The van der Waals surface area contributed by atoms with Crippen molar-refractivity contribution >= 4 is 60.7 Å². The SMILES string of the molecule is O=S(=O)(O)c1ccc(C(c2ccc(C(c3ccc(S(=O)(=O)O)cc3)(c3ccc(S(=O)(=O)O)cc3)c3ccc(S(=O)(=O)O)cc3)cc2)(c2ccc(S(=O)(=O)O)cc2)c2ccc(S(=O)(=O)O)cc2)cc1. The number of hydrogen-bond donors (Lipinski definition) is 6. The zero-order valence-electron chi connectivity index (χ0n) is 34.2. The van der Waals surface area contributed by atoms with Crippen molar-refractivity contribution in [2.24, 2.45) is 0 Å². The second kappa shape index (κ2) is 17.5. The van der Waals surface area contributed by atoms with Crippen molar-refractivity contribution in [3.63, 3.8) is 0 Å². The van der Waals surface area contributed by atoms with Crippen molar-refractivity contribution in [2.75, 3.05) is 0 Å². The Kier molecular flexibility index (Phi) is 12.8. The van der Waals surface area contributed by atoms with Crippen molar-refractivity contribution in [1.82, 2.24) is 0 Å². The highest BCUT2D eigenvalue weighted by molar-refractivity contribution is 7.87. The van der Waals surface area contributed by atoms with E-state index in [9.17, 15) is 77.8 Å². The topological polar surface area (TPSA) is 326 Å². The summed E-state index contributed by atoms with van der Waals surface area (Å²) in [4.78, 5) is -3.17. The van der Waals surface area contributed by atoms with Gasteiger partial charge in [0.25, 0.3) is 60.7 Å². The third-order valence-corrected chi connectivity index (χ3v) is 16.5. The van der Waals surface area contributed by atoms with E-state index in [0.717, 1.165) is 72.8 Å². The molecule has 0 unspecified atom stereocenters. The third-order valence-electron chi connectivity index (χ3n) is 11.3. The second-order valence-electron chi connectivity index (χ2n) is 15.1. The van der Waals surface area contributed by atoms with E-state index in [2.05, 4.69) is 0 Å². The van der Waals surface area contributed by atoms with Crippen LogP contribution >= 0.6 is 0 Å².